The molecule has 0 atom stereocenters. The van der Waals surface area contributed by atoms with E-state index >= 15 is 0 Å². The SMILES string of the molecule is CC1(C)CCC(C)(C)c2cc(-c3ccc4c(c3)B3c5c(ccc6c7cc(-c8ccc9c(c8)C(C)(C)CCC9(C)C)ccc7n-4c56)-c4cccc5c4n3c3c4cccc6c4n(c53)B3c4cc(-c5ccc7c(c5)C(C)(C)CCC7(C)C)ccc4-n4c5ccc(-c7ccc8c(c7)C(C)(C)CCC8(C)C)cc5c5ccc-6c3c54)ccc21. The molecular formula is C106H98B2N4. The average Bonchev–Trinajstić information content (AvgIpc) is 1.48. The fourth-order valence-electron chi connectivity index (χ4n) is 24.3. The van der Waals surface area contributed by atoms with E-state index in [1.165, 1.54) is 272 Å². The lowest BCUT2D eigenvalue weighted by Crippen LogP contribution is -2.55. The van der Waals surface area contributed by atoms with E-state index in [-0.39, 0.29) is 57.0 Å². The highest BCUT2D eigenvalue weighted by Gasteiger charge is 2.49. The second-order valence-electron chi connectivity index (χ2n) is 41.3. The summed E-state index contributed by atoms with van der Waals surface area (Å²) in [5.74, 6) is 0. The lowest BCUT2D eigenvalue weighted by molar-refractivity contribution is 0.332. The van der Waals surface area contributed by atoms with Crippen molar-refractivity contribution >= 4 is 112 Å². The number of aromatic nitrogens is 4. The van der Waals surface area contributed by atoms with Crippen LogP contribution in [0.1, 0.15) is 207 Å². The normalized spacial score (nSPS) is 19.1. The van der Waals surface area contributed by atoms with Gasteiger partial charge in [0.25, 0.3) is 0 Å². The molecule has 4 aromatic heterocycles. The Hall–Kier alpha value is -10.3. The molecule has 4 nitrogen and oxygen atoms in total. The number of nitrogens with zero attached hydrogens (tertiary/aromatic N) is 4. The van der Waals surface area contributed by atoms with E-state index < -0.39 is 0 Å². The first kappa shape index (κ1) is 66.3. The molecule has 12 aromatic carbocycles. The summed E-state index contributed by atoms with van der Waals surface area (Å²) in [5, 5.41) is 7.86. The Morgan fingerprint density at radius 2 is 0.509 bits per heavy atom. The zero-order valence-electron chi connectivity index (χ0n) is 68.2. The van der Waals surface area contributed by atoms with Gasteiger partial charge in [0, 0.05) is 65.9 Å². The minimum atomic E-state index is -0.163. The molecule has 0 N–H and O–H groups in total. The molecule has 0 amide bonds. The maximum atomic E-state index is 2.90. The molecule has 4 aliphatic carbocycles. The van der Waals surface area contributed by atoms with Crippen molar-refractivity contribution in [3.05, 3.63) is 251 Å². The first-order valence-corrected chi connectivity index (χ1v) is 42.2. The Kier molecular flexibility index (Phi) is 12.5. The summed E-state index contributed by atoms with van der Waals surface area (Å²) in [7, 11) is 0. The van der Waals surface area contributed by atoms with Crippen molar-refractivity contribution in [2.45, 2.75) is 205 Å². The largest absolute Gasteiger partial charge is 0.374 e. The third-order valence-electron chi connectivity index (χ3n) is 31.2. The van der Waals surface area contributed by atoms with Crippen LogP contribution in [0.15, 0.2) is 206 Å². The molecule has 0 saturated carbocycles. The van der Waals surface area contributed by atoms with Gasteiger partial charge in [-0.05, 0) is 253 Å². The number of rotatable bonds is 4. The van der Waals surface area contributed by atoms with E-state index in [9.17, 15) is 0 Å². The van der Waals surface area contributed by atoms with Gasteiger partial charge in [-0.25, -0.2) is 0 Å². The van der Waals surface area contributed by atoms with Crippen LogP contribution in [0, 0.1) is 0 Å². The summed E-state index contributed by atoms with van der Waals surface area (Å²) >= 11 is 0. The van der Waals surface area contributed by atoms with E-state index in [0.29, 0.717) is 0 Å². The number of hydrogen-bond acceptors (Lipinski definition) is 0. The molecule has 0 bridgehead atoms. The van der Waals surface area contributed by atoms with Gasteiger partial charge in [0.2, 0.25) is 0 Å². The summed E-state index contributed by atoms with van der Waals surface area (Å²) in [6, 6.07) is 84.8. The first-order valence-electron chi connectivity index (χ1n) is 42.2. The van der Waals surface area contributed by atoms with Crippen LogP contribution in [-0.2, 0) is 43.3 Å². The zero-order valence-corrected chi connectivity index (χ0v) is 68.2. The monoisotopic (exact) mass is 1450 g/mol. The van der Waals surface area contributed by atoms with Crippen LogP contribution >= 0.6 is 0 Å². The van der Waals surface area contributed by atoms with Crippen molar-refractivity contribution in [1.82, 2.24) is 18.1 Å². The molecule has 4 aliphatic heterocycles. The molecule has 24 rings (SSSR count). The van der Waals surface area contributed by atoms with Crippen molar-refractivity contribution in [2.24, 2.45) is 0 Å². The summed E-state index contributed by atoms with van der Waals surface area (Å²) < 4.78 is 11.2. The van der Waals surface area contributed by atoms with Crippen LogP contribution in [0.3, 0.4) is 0 Å². The highest BCUT2D eigenvalue weighted by atomic mass is 15.1. The maximum absolute atomic E-state index is 2.90. The number of hydrogen-bond donors (Lipinski definition) is 0. The highest BCUT2D eigenvalue weighted by molar-refractivity contribution is 6.92. The third-order valence-corrected chi connectivity index (χ3v) is 31.2. The van der Waals surface area contributed by atoms with Crippen LogP contribution < -0.4 is 21.9 Å². The van der Waals surface area contributed by atoms with Gasteiger partial charge in [0.15, 0.2) is 0 Å². The lowest BCUT2D eigenvalue weighted by Gasteiger charge is -2.42. The second-order valence-corrected chi connectivity index (χ2v) is 41.3. The minimum absolute atomic E-state index is 0.0644. The molecule has 0 spiro atoms. The topological polar surface area (TPSA) is 19.7 Å². The van der Waals surface area contributed by atoms with Crippen LogP contribution in [0.5, 0.6) is 0 Å². The highest BCUT2D eigenvalue weighted by Crippen LogP contribution is 2.56. The quantitative estimate of drug-likeness (QED) is 0.157. The summed E-state index contributed by atoms with van der Waals surface area (Å²) in [6.07, 6.45) is 9.50. The second kappa shape index (κ2) is 21.1. The van der Waals surface area contributed by atoms with Gasteiger partial charge >= 0.3 is 13.7 Å². The number of fused-ring (bicyclic) bond motifs is 25. The molecule has 548 valence electrons. The van der Waals surface area contributed by atoms with E-state index in [1.807, 2.05) is 0 Å². The first-order chi connectivity index (χ1) is 53.5. The van der Waals surface area contributed by atoms with E-state index in [1.54, 1.807) is 0 Å². The van der Waals surface area contributed by atoms with E-state index in [2.05, 4.69) is 335 Å². The smallest absolute Gasteiger partial charge is 0.333 e. The Morgan fingerprint density at radius 3 is 0.839 bits per heavy atom. The Balaban J connectivity index is 0.775. The van der Waals surface area contributed by atoms with Gasteiger partial charge < -0.3 is 18.1 Å². The number of para-hydroxylation sites is 2. The standard InChI is InChI=1S/C106H98B2N4/c1-99(2)43-47-103(9,10)81-53-61(23-35-77(81)99)59-27-39-87-75(51-59)71-33-31-67-69-19-17-21-73-93(69)111(107-85-57-65(29-41-89(85)109(87)95(71)91(67)107)63-25-37-79-83(55-63)105(13,14)49-45-101(79,5)6)97-74-22-18-20-70-68-32-34-72-76-52-60(62-24-36-78-82(54-62)104(11,12)48-44-100(78,3)4)28-40-88(76)110-90-42-30-66(58-86(90)108(92(68)96(72)110)112(94(70)74)98(73)97)64-26-38-80-84(56-64)106(15,16)50-46-102(80,7)8/h17-42,51-58H,43-50H2,1-16H3. The average molecular weight is 1450 g/mol. The van der Waals surface area contributed by atoms with E-state index in [4.69, 9.17) is 0 Å². The van der Waals surface area contributed by atoms with Gasteiger partial charge in [-0.15, -0.1) is 0 Å². The van der Waals surface area contributed by atoms with Crippen LogP contribution in [0.2, 0.25) is 0 Å². The molecule has 6 heteroatoms. The zero-order chi connectivity index (χ0) is 76.3. The molecule has 0 fully saturated rings. The predicted molar refractivity (Wildman–Crippen MR) is 478 cm³/mol. The molecule has 0 saturated heterocycles. The van der Waals surface area contributed by atoms with Crippen molar-refractivity contribution in [2.75, 3.05) is 0 Å². The molecule has 8 heterocycles. The van der Waals surface area contributed by atoms with Crippen molar-refractivity contribution < 1.29 is 0 Å². The van der Waals surface area contributed by atoms with Crippen LogP contribution in [0.25, 0.3) is 155 Å². The molecule has 0 unspecified atom stereocenters. The van der Waals surface area contributed by atoms with Crippen molar-refractivity contribution in [1.29, 1.82) is 0 Å². The molecular weight excluding hydrogens is 1350 g/mol. The Labute approximate surface area is 660 Å². The van der Waals surface area contributed by atoms with Crippen LogP contribution in [0.4, 0.5) is 0 Å². The summed E-state index contributed by atoms with van der Waals surface area (Å²) in [4.78, 5) is 0. The molecule has 112 heavy (non-hydrogen) atoms. The van der Waals surface area contributed by atoms with Gasteiger partial charge in [-0.1, -0.05) is 281 Å². The Morgan fingerprint density at radius 1 is 0.223 bits per heavy atom. The lowest BCUT2D eigenvalue weighted by atomic mass is 9.45. The third kappa shape index (κ3) is 8.42. The van der Waals surface area contributed by atoms with E-state index in [0.717, 1.165) is 0 Å². The van der Waals surface area contributed by atoms with Crippen molar-refractivity contribution in [3.8, 4) is 78.1 Å². The van der Waals surface area contributed by atoms with Gasteiger partial charge in [0.1, 0.15) is 0 Å². The summed E-state index contributed by atoms with van der Waals surface area (Å²) in [6.45, 7) is 39.1. The minimum Gasteiger partial charge on any atom is -0.374 e. The molecule has 16 aromatic rings. The molecule has 8 aliphatic rings. The number of benzene rings is 12. The fourth-order valence-corrected chi connectivity index (χ4v) is 24.3. The Bertz CT molecular complexity index is 6670. The fraction of sp³-hybridized carbons (Fsp3) is 0.302. The van der Waals surface area contributed by atoms with Crippen LogP contribution in [-0.4, -0.2) is 31.8 Å². The summed E-state index contributed by atoms with van der Waals surface area (Å²) in [5.41, 5.74) is 46.9. The molecule has 0 radical (unpaired) electrons. The van der Waals surface area contributed by atoms with Gasteiger partial charge in [0.05, 0.1) is 33.1 Å². The van der Waals surface area contributed by atoms with Crippen molar-refractivity contribution in [3.63, 3.8) is 0 Å². The maximum Gasteiger partial charge on any atom is 0.333 e. The van der Waals surface area contributed by atoms with Gasteiger partial charge in [-0.3, -0.25) is 0 Å². The predicted octanol–water partition coefficient (Wildman–Crippen LogP) is 24.9. The van der Waals surface area contributed by atoms with Gasteiger partial charge in [-0.2, -0.15) is 0 Å².